The lowest BCUT2D eigenvalue weighted by molar-refractivity contribution is 0.215. The Morgan fingerprint density at radius 1 is 1.09 bits per heavy atom. The molecule has 2 rings (SSSR count). The van der Waals surface area contributed by atoms with E-state index in [-0.39, 0.29) is 0 Å². The van der Waals surface area contributed by atoms with Crippen molar-refractivity contribution in [1.29, 1.82) is 0 Å². The van der Waals surface area contributed by atoms with Crippen LogP contribution < -0.4 is 10.1 Å². The molecule has 0 unspecified atom stereocenters. The molecule has 0 aliphatic heterocycles. The Labute approximate surface area is 138 Å². The van der Waals surface area contributed by atoms with E-state index in [0.29, 0.717) is 16.5 Å². The van der Waals surface area contributed by atoms with E-state index in [4.69, 9.17) is 4.74 Å². The van der Waals surface area contributed by atoms with E-state index in [9.17, 15) is 4.79 Å². The molecule has 0 heterocycles. The van der Waals surface area contributed by atoms with Crippen LogP contribution in [0.4, 0.5) is 10.5 Å². The quantitative estimate of drug-likeness (QED) is 0.624. The van der Waals surface area contributed by atoms with Gasteiger partial charge in [-0.2, -0.15) is 0 Å². The maximum Gasteiger partial charge on any atom is 0.417 e. The van der Waals surface area contributed by atoms with Gasteiger partial charge in [0.05, 0.1) is 6.20 Å². The van der Waals surface area contributed by atoms with Gasteiger partial charge in [0.25, 0.3) is 0 Å². The highest BCUT2D eigenvalue weighted by molar-refractivity contribution is 8.03. The summed E-state index contributed by atoms with van der Waals surface area (Å²) in [5.74, 6) is 0.487. The molecule has 23 heavy (non-hydrogen) atoms. The van der Waals surface area contributed by atoms with Gasteiger partial charge in [-0.05, 0) is 49.8 Å². The summed E-state index contributed by atoms with van der Waals surface area (Å²) >= 11 is 1.40. The number of carbonyl (C=O) groups is 1. The van der Waals surface area contributed by atoms with Crippen LogP contribution in [0.3, 0.4) is 0 Å². The van der Waals surface area contributed by atoms with Crippen LogP contribution in [0.25, 0.3) is 0 Å². The number of para-hydroxylation sites is 1. The number of thioether (sulfide) groups is 1. The third-order valence-electron chi connectivity index (χ3n) is 2.63. The zero-order valence-corrected chi connectivity index (χ0v) is 13.1. The number of nitrogens with one attached hydrogen (secondary N) is 1. The topological polar surface area (TPSA) is 63.0 Å². The number of nitrogens with zero attached hydrogens (tertiary/aromatic N) is 2. The number of ether oxygens (including phenoxy) is 1. The summed E-state index contributed by atoms with van der Waals surface area (Å²) < 4.78 is 5.16. The van der Waals surface area contributed by atoms with E-state index in [1.807, 2.05) is 18.2 Å². The van der Waals surface area contributed by atoms with Gasteiger partial charge in [0.1, 0.15) is 10.8 Å². The number of hydrogen-bond acceptors (Lipinski definition) is 5. The summed E-state index contributed by atoms with van der Waals surface area (Å²) in [6.45, 7) is 6.85. The zero-order chi connectivity index (χ0) is 16.5. The largest absolute Gasteiger partial charge is 0.417 e. The van der Waals surface area contributed by atoms with Crippen LogP contribution in [0.5, 0.6) is 5.75 Å². The molecule has 2 aromatic carbocycles. The van der Waals surface area contributed by atoms with Crippen LogP contribution in [0.2, 0.25) is 0 Å². The van der Waals surface area contributed by atoms with Crippen molar-refractivity contribution in [3.8, 4) is 5.75 Å². The van der Waals surface area contributed by atoms with Gasteiger partial charge in [-0.1, -0.05) is 30.0 Å². The van der Waals surface area contributed by atoms with E-state index in [0.717, 1.165) is 4.90 Å². The van der Waals surface area contributed by atoms with Crippen molar-refractivity contribution >= 4 is 37.0 Å². The van der Waals surface area contributed by atoms with Crippen LogP contribution in [0.1, 0.15) is 0 Å². The first-order chi connectivity index (χ1) is 11.2. The fourth-order valence-electron chi connectivity index (χ4n) is 1.64. The summed E-state index contributed by atoms with van der Waals surface area (Å²) in [4.78, 5) is 20.2. The third-order valence-corrected chi connectivity index (χ3v) is 3.59. The summed E-state index contributed by atoms with van der Waals surface area (Å²) in [6, 6.07) is 16.1. The van der Waals surface area contributed by atoms with Crippen molar-refractivity contribution in [1.82, 2.24) is 0 Å². The van der Waals surface area contributed by atoms with Crippen molar-refractivity contribution in [2.24, 2.45) is 9.98 Å². The van der Waals surface area contributed by atoms with Crippen molar-refractivity contribution in [2.45, 2.75) is 4.90 Å². The Bertz CT molecular complexity index is 712. The Morgan fingerprint density at radius 2 is 1.78 bits per heavy atom. The highest BCUT2D eigenvalue weighted by Gasteiger charge is 2.05. The molecular weight excluding hydrogens is 310 g/mol. The van der Waals surface area contributed by atoms with Crippen LogP contribution >= 0.6 is 11.8 Å². The minimum atomic E-state index is -0.541. The Balaban J connectivity index is 1.94. The van der Waals surface area contributed by atoms with Crippen LogP contribution in [0, 0.1) is 0 Å². The highest BCUT2D eigenvalue weighted by Crippen LogP contribution is 2.28. The second kappa shape index (κ2) is 8.55. The van der Waals surface area contributed by atoms with Gasteiger partial charge in [-0.25, -0.2) is 4.79 Å². The number of aliphatic imine (C=N–C) groups is 2. The van der Waals surface area contributed by atoms with Gasteiger partial charge in [0.15, 0.2) is 0 Å². The van der Waals surface area contributed by atoms with Crippen molar-refractivity contribution in [2.75, 3.05) is 5.32 Å². The molecule has 0 radical (unpaired) electrons. The monoisotopic (exact) mass is 325 g/mol. The predicted molar refractivity (Wildman–Crippen MR) is 95.6 cm³/mol. The van der Waals surface area contributed by atoms with E-state index < -0.39 is 6.09 Å². The number of rotatable bonds is 6. The minimum Gasteiger partial charge on any atom is -0.410 e. The SMILES string of the molecule is C=N/C=C(\N=C)Sc1ccc(NC(=O)Oc2ccccc2)cc1. The maximum atomic E-state index is 11.8. The molecule has 0 spiro atoms. The molecule has 0 saturated carbocycles. The molecule has 1 N–H and O–H groups in total. The molecular formula is C17H15N3O2S. The van der Waals surface area contributed by atoms with Gasteiger partial charge in [0, 0.05) is 10.6 Å². The highest BCUT2D eigenvalue weighted by atomic mass is 32.2. The molecule has 0 aromatic heterocycles. The van der Waals surface area contributed by atoms with E-state index in [1.165, 1.54) is 18.0 Å². The molecule has 0 bridgehead atoms. The van der Waals surface area contributed by atoms with Crippen LogP contribution in [-0.2, 0) is 0 Å². The van der Waals surface area contributed by atoms with Gasteiger partial charge in [0.2, 0.25) is 0 Å². The number of benzene rings is 2. The molecule has 0 aliphatic carbocycles. The lowest BCUT2D eigenvalue weighted by Gasteiger charge is -2.07. The van der Waals surface area contributed by atoms with Crippen LogP contribution in [-0.4, -0.2) is 19.5 Å². The van der Waals surface area contributed by atoms with E-state index >= 15 is 0 Å². The maximum absolute atomic E-state index is 11.8. The number of carbonyl (C=O) groups excluding carboxylic acids is 1. The Morgan fingerprint density at radius 3 is 2.39 bits per heavy atom. The molecule has 2 aromatic rings. The Kier molecular flexibility index (Phi) is 6.14. The molecule has 5 nitrogen and oxygen atoms in total. The number of anilines is 1. The van der Waals surface area contributed by atoms with Crippen LogP contribution in [0.15, 0.2) is 80.7 Å². The molecule has 1 amide bonds. The first kappa shape index (κ1) is 16.5. The molecule has 0 fully saturated rings. The predicted octanol–water partition coefficient (Wildman–Crippen LogP) is 4.59. The second-order valence-electron chi connectivity index (χ2n) is 4.26. The summed E-state index contributed by atoms with van der Waals surface area (Å²) in [6.07, 6.45) is 0.988. The lowest BCUT2D eigenvalue weighted by atomic mass is 10.3. The third kappa shape index (κ3) is 5.44. The fraction of sp³-hybridized carbons (Fsp3) is 0. The van der Waals surface area contributed by atoms with Gasteiger partial charge in [-0.15, -0.1) is 0 Å². The Hall–Kier alpha value is -2.86. The van der Waals surface area contributed by atoms with E-state index in [2.05, 4.69) is 28.7 Å². The smallest absolute Gasteiger partial charge is 0.410 e. The van der Waals surface area contributed by atoms with E-state index in [1.54, 1.807) is 36.4 Å². The first-order valence-corrected chi connectivity index (χ1v) is 7.47. The molecule has 6 heteroatoms. The average molecular weight is 325 g/mol. The molecule has 116 valence electrons. The average Bonchev–Trinajstić information content (AvgIpc) is 2.57. The first-order valence-electron chi connectivity index (χ1n) is 6.66. The standard InChI is InChI=1S/C17H15N3O2S/c1-18-12-16(19-2)23-15-10-8-13(9-11-15)20-17(21)22-14-6-4-3-5-7-14/h3-12H,1-2H2,(H,20,21)/b16-12+. The summed E-state index contributed by atoms with van der Waals surface area (Å²) in [7, 11) is 0. The lowest BCUT2D eigenvalue weighted by Crippen LogP contribution is -2.16. The summed E-state index contributed by atoms with van der Waals surface area (Å²) in [5.41, 5.74) is 0.634. The van der Waals surface area contributed by atoms with Crippen molar-refractivity contribution < 1.29 is 9.53 Å². The van der Waals surface area contributed by atoms with Crippen molar-refractivity contribution in [3.05, 3.63) is 65.8 Å². The number of hydrogen-bond donors (Lipinski definition) is 1. The minimum absolute atomic E-state index is 0.487. The van der Waals surface area contributed by atoms with Gasteiger partial charge in [-0.3, -0.25) is 15.3 Å². The number of amides is 1. The van der Waals surface area contributed by atoms with Gasteiger partial charge < -0.3 is 4.74 Å². The summed E-state index contributed by atoms with van der Waals surface area (Å²) in [5, 5.41) is 3.30. The molecule has 0 aliphatic rings. The molecule has 0 saturated heterocycles. The van der Waals surface area contributed by atoms with Crippen molar-refractivity contribution in [3.63, 3.8) is 0 Å². The second-order valence-corrected chi connectivity index (χ2v) is 5.36. The fourth-order valence-corrected chi connectivity index (χ4v) is 2.35. The normalized spacial score (nSPS) is 10.7. The molecule has 0 atom stereocenters. The van der Waals surface area contributed by atoms with Gasteiger partial charge >= 0.3 is 6.09 Å². The zero-order valence-electron chi connectivity index (χ0n) is 12.3.